The summed E-state index contributed by atoms with van der Waals surface area (Å²) in [5.41, 5.74) is 10.3. The van der Waals surface area contributed by atoms with Crippen molar-refractivity contribution in [1.82, 2.24) is 5.32 Å². The van der Waals surface area contributed by atoms with E-state index in [2.05, 4.69) is 10.1 Å². The molecule has 5 N–H and O–H groups in total. The minimum Gasteiger partial charge on any atom is -0.464 e. The highest BCUT2D eigenvalue weighted by atomic mass is 16.5. The number of nitrogens with two attached hydrogens (primary N) is 2. The number of hydrogen-bond acceptors (Lipinski definition) is 5. The average Bonchev–Trinajstić information content (AvgIpc) is 2.27. The summed E-state index contributed by atoms with van der Waals surface area (Å²) in [6.45, 7) is 2.16. The molecule has 2 amide bonds. The van der Waals surface area contributed by atoms with Gasteiger partial charge in [-0.2, -0.15) is 0 Å². The summed E-state index contributed by atoms with van der Waals surface area (Å²) in [6.07, 6.45) is 1.47. The SMILES string of the molecule is CCOC(=O)C(N)C(=O)NCCCCC(N)=O. The number of nitrogens with one attached hydrogen (secondary N) is 1. The van der Waals surface area contributed by atoms with Crippen LogP contribution in [0.1, 0.15) is 26.2 Å². The smallest absolute Gasteiger partial charge is 0.332 e. The Morgan fingerprint density at radius 1 is 1.29 bits per heavy atom. The van der Waals surface area contributed by atoms with Crippen LogP contribution in [0.15, 0.2) is 0 Å². The van der Waals surface area contributed by atoms with Crippen LogP contribution in [0.25, 0.3) is 0 Å². The lowest BCUT2D eigenvalue weighted by Crippen LogP contribution is -2.47. The lowest BCUT2D eigenvalue weighted by atomic mass is 10.2. The maximum Gasteiger partial charge on any atom is 0.332 e. The van der Waals surface area contributed by atoms with Crippen LogP contribution < -0.4 is 16.8 Å². The lowest BCUT2D eigenvalue weighted by molar-refractivity contribution is -0.148. The molecule has 0 rings (SSSR count). The molecule has 17 heavy (non-hydrogen) atoms. The number of rotatable bonds is 8. The maximum absolute atomic E-state index is 11.3. The predicted octanol–water partition coefficient (Wildman–Crippen LogP) is -1.35. The van der Waals surface area contributed by atoms with E-state index in [0.717, 1.165) is 0 Å². The van der Waals surface area contributed by atoms with E-state index in [-0.39, 0.29) is 18.9 Å². The molecule has 1 atom stereocenters. The lowest BCUT2D eigenvalue weighted by Gasteiger charge is -2.10. The number of unbranched alkanes of at least 4 members (excludes halogenated alkanes) is 1. The number of primary amides is 1. The first-order chi connectivity index (χ1) is 7.99. The average molecular weight is 245 g/mol. The summed E-state index contributed by atoms with van der Waals surface area (Å²) in [5, 5.41) is 2.48. The fraction of sp³-hybridized carbons (Fsp3) is 0.700. The number of ether oxygens (including phenoxy) is 1. The zero-order valence-corrected chi connectivity index (χ0v) is 9.90. The van der Waals surface area contributed by atoms with E-state index in [4.69, 9.17) is 11.5 Å². The van der Waals surface area contributed by atoms with Gasteiger partial charge in [-0.05, 0) is 19.8 Å². The molecule has 0 aliphatic heterocycles. The molecular weight excluding hydrogens is 226 g/mol. The third-order valence-corrected chi connectivity index (χ3v) is 1.97. The van der Waals surface area contributed by atoms with Crippen LogP contribution >= 0.6 is 0 Å². The van der Waals surface area contributed by atoms with Gasteiger partial charge in [-0.1, -0.05) is 0 Å². The second kappa shape index (κ2) is 8.51. The van der Waals surface area contributed by atoms with E-state index in [1.54, 1.807) is 6.92 Å². The Labute approximate surface area is 99.9 Å². The summed E-state index contributed by atoms with van der Waals surface area (Å²) in [4.78, 5) is 32.8. The van der Waals surface area contributed by atoms with Crippen LogP contribution in [0.4, 0.5) is 0 Å². The van der Waals surface area contributed by atoms with Gasteiger partial charge in [0.2, 0.25) is 11.8 Å². The van der Waals surface area contributed by atoms with Gasteiger partial charge in [-0.3, -0.25) is 9.59 Å². The molecule has 0 aromatic heterocycles. The zero-order valence-electron chi connectivity index (χ0n) is 9.90. The van der Waals surface area contributed by atoms with Crippen molar-refractivity contribution in [2.24, 2.45) is 11.5 Å². The number of carbonyl (C=O) groups is 3. The van der Waals surface area contributed by atoms with Crippen molar-refractivity contribution < 1.29 is 19.1 Å². The Morgan fingerprint density at radius 3 is 2.47 bits per heavy atom. The van der Waals surface area contributed by atoms with Gasteiger partial charge in [0.25, 0.3) is 0 Å². The highest BCUT2D eigenvalue weighted by Gasteiger charge is 2.22. The van der Waals surface area contributed by atoms with Gasteiger partial charge in [-0.25, -0.2) is 4.79 Å². The molecule has 7 heteroatoms. The van der Waals surface area contributed by atoms with E-state index >= 15 is 0 Å². The Kier molecular flexibility index (Phi) is 7.70. The van der Waals surface area contributed by atoms with Crippen LogP contribution in [-0.2, 0) is 19.1 Å². The van der Waals surface area contributed by atoms with Crippen molar-refractivity contribution in [3.05, 3.63) is 0 Å². The summed E-state index contributed by atoms with van der Waals surface area (Å²) >= 11 is 0. The molecule has 0 saturated carbocycles. The van der Waals surface area contributed by atoms with E-state index in [1.165, 1.54) is 0 Å². The first-order valence-corrected chi connectivity index (χ1v) is 5.47. The standard InChI is InChI=1S/C10H19N3O4/c1-2-17-10(16)8(12)9(15)13-6-4-3-5-7(11)14/h8H,2-6,12H2,1H3,(H2,11,14)(H,13,15). The summed E-state index contributed by atoms with van der Waals surface area (Å²) in [5.74, 6) is -1.70. The first-order valence-electron chi connectivity index (χ1n) is 5.47. The third-order valence-electron chi connectivity index (χ3n) is 1.97. The van der Waals surface area contributed by atoms with Crippen molar-refractivity contribution in [3.63, 3.8) is 0 Å². The number of esters is 1. The van der Waals surface area contributed by atoms with E-state index in [0.29, 0.717) is 19.4 Å². The molecule has 7 nitrogen and oxygen atoms in total. The monoisotopic (exact) mass is 245 g/mol. The molecule has 0 heterocycles. The minimum atomic E-state index is -1.30. The first kappa shape index (κ1) is 15.4. The van der Waals surface area contributed by atoms with Gasteiger partial charge in [0.1, 0.15) is 0 Å². The fourth-order valence-corrected chi connectivity index (χ4v) is 1.08. The van der Waals surface area contributed by atoms with Gasteiger partial charge in [0.15, 0.2) is 6.04 Å². The Morgan fingerprint density at radius 2 is 1.94 bits per heavy atom. The zero-order chi connectivity index (χ0) is 13.3. The highest BCUT2D eigenvalue weighted by molar-refractivity contribution is 6.01. The molecule has 0 aliphatic rings. The molecule has 0 bridgehead atoms. The summed E-state index contributed by atoms with van der Waals surface area (Å²) < 4.78 is 4.60. The van der Waals surface area contributed by atoms with Crippen molar-refractivity contribution >= 4 is 17.8 Å². The molecule has 0 aliphatic carbocycles. The molecule has 0 aromatic rings. The van der Waals surface area contributed by atoms with E-state index < -0.39 is 17.9 Å². The van der Waals surface area contributed by atoms with Crippen molar-refractivity contribution in [1.29, 1.82) is 0 Å². The number of carbonyl (C=O) groups excluding carboxylic acids is 3. The molecule has 0 spiro atoms. The number of hydrogen-bond donors (Lipinski definition) is 3. The van der Waals surface area contributed by atoms with Crippen molar-refractivity contribution in [2.45, 2.75) is 32.2 Å². The fourth-order valence-electron chi connectivity index (χ4n) is 1.08. The van der Waals surface area contributed by atoms with Gasteiger partial charge in [0.05, 0.1) is 6.61 Å². The van der Waals surface area contributed by atoms with Gasteiger partial charge < -0.3 is 21.5 Å². The van der Waals surface area contributed by atoms with Gasteiger partial charge >= 0.3 is 5.97 Å². The molecule has 0 radical (unpaired) electrons. The van der Waals surface area contributed by atoms with Gasteiger partial charge in [-0.15, -0.1) is 0 Å². The molecule has 98 valence electrons. The molecule has 0 saturated heterocycles. The van der Waals surface area contributed by atoms with Crippen LogP contribution in [0.3, 0.4) is 0 Å². The van der Waals surface area contributed by atoms with Crippen LogP contribution in [0.5, 0.6) is 0 Å². The van der Waals surface area contributed by atoms with Crippen LogP contribution in [0.2, 0.25) is 0 Å². The molecule has 0 fully saturated rings. The quantitative estimate of drug-likeness (QED) is 0.277. The summed E-state index contributed by atoms with van der Waals surface area (Å²) in [6, 6.07) is -1.30. The third kappa shape index (κ3) is 7.29. The normalized spacial score (nSPS) is 11.6. The molecule has 0 aromatic carbocycles. The van der Waals surface area contributed by atoms with E-state index in [1.807, 2.05) is 0 Å². The Hall–Kier alpha value is -1.63. The van der Waals surface area contributed by atoms with Crippen molar-refractivity contribution in [2.75, 3.05) is 13.2 Å². The second-order valence-corrected chi connectivity index (χ2v) is 3.44. The highest BCUT2D eigenvalue weighted by Crippen LogP contribution is 1.93. The molecule has 1 unspecified atom stereocenters. The Bertz CT molecular complexity index is 281. The predicted molar refractivity (Wildman–Crippen MR) is 60.7 cm³/mol. The maximum atomic E-state index is 11.3. The Balaban J connectivity index is 3.71. The minimum absolute atomic E-state index is 0.179. The van der Waals surface area contributed by atoms with Crippen LogP contribution in [-0.4, -0.2) is 37.0 Å². The van der Waals surface area contributed by atoms with E-state index in [9.17, 15) is 14.4 Å². The largest absolute Gasteiger partial charge is 0.464 e. The summed E-state index contributed by atoms with van der Waals surface area (Å²) in [7, 11) is 0. The van der Waals surface area contributed by atoms with Crippen molar-refractivity contribution in [3.8, 4) is 0 Å². The second-order valence-electron chi connectivity index (χ2n) is 3.44. The number of amides is 2. The van der Waals surface area contributed by atoms with Gasteiger partial charge in [0, 0.05) is 13.0 Å². The molecular formula is C10H19N3O4. The van der Waals surface area contributed by atoms with Crippen LogP contribution in [0, 0.1) is 0 Å². The topological polar surface area (TPSA) is 125 Å².